The molecule has 0 aliphatic carbocycles. The molecule has 0 saturated carbocycles. The molecule has 0 aromatic heterocycles. The van der Waals surface area contributed by atoms with Gasteiger partial charge in [0.05, 0.1) is 11.0 Å². The first-order valence-corrected chi connectivity index (χ1v) is 8.83. The molecule has 21 heavy (non-hydrogen) atoms. The van der Waals surface area contributed by atoms with Crippen molar-refractivity contribution < 1.29 is 14.7 Å². The van der Waals surface area contributed by atoms with Gasteiger partial charge in [-0.2, -0.15) is 0 Å². The average molecular weight is 327 g/mol. The summed E-state index contributed by atoms with van der Waals surface area (Å²) < 4.78 is 0. The molecule has 0 aromatic carbocycles. The first-order chi connectivity index (χ1) is 9.82. The summed E-state index contributed by atoms with van der Waals surface area (Å²) in [6.45, 7) is 5.93. The molecule has 0 fully saturated rings. The number of carboxylic acids is 1. The summed E-state index contributed by atoms with van der Waals surface area (Å²) in [7, 11) is 0. The first kappa shape index (κ1) is 18.0. The van der Waals surface area contributed by atoms with Gasteiger partial charge in [-0.15, -0.1) is 23.5 Å². The summed E-state index contributed by atoms with van der Waals surface area (Å²) in [6, 6.07) is 0. The third kappa shape index (κ3) is 6.49. The lowest BCUT2D eigenvalue weighted by molar-refractivity contribution is -0.158. The van der Waals surface area contributed by atoms with Crippen LogP contribution in [-0.4, -0.2) is 50.7 Å². The first-order valence-electron chi connectivity index (χ1n) is 6.74. The number of carbonyl (C=O) groups is 2. The molecule has 1 heterocycles. The molecule has 1 aliphatic rings. The van der Waals surface area contributed by atoms with Gasteiger partial charge >= 0.3 is 11.9 Å². The molecule has 1 N–H and O–H groups in total. The SMILES string of the molecule is CC(C)(C)N(CCSCC#CC1CC=CS1)C(=O)C(=O)O. The minimum Gasteiger partial charge on any atom is -0.474 e. The molecule has 1 amide bonds. The van der Waals surface area contributed by atoms with Crippen molar-refractivity contribution in [2.45, 2.75) is 38.0 Å². The van der Waals surface area contributed by atoms with Crippen LogP contribution in [0.5, 0.6) is 0 Å². The molecule has 1 unspecified atom stereocenters. The van der Waals surface area contributed by atoms with E-state index in [0.717, 1.165) is 6.42 Å². The quantitative estimate of drug-likeness (QED) is 0.488. The van der Waals surface area contributed by atoms with Gasteiger partial charge in [0.25, 0.3) is 0 Å². The van der Waals surface area contributed by atoms with Gasteiger partial charge in [0, 0.05) is 17.8 Å². The van der Waals surface area contributed by atoms with Gasteiger partial charge in [0.2, 0.25) is 0 Å². The van der Waals surface area contributed by atoms with Crippen LogP contribution in [0.25, 0.3) is 0 Å². The van der Waals surface area contributed by atoms with Gasteiger partial charge in [0.1, 0.15) is 0 Å². The molecule has 0 spiro atoms. The molecule has 0 aromatic rings. The zero-order chi connectivity index (χ0) is 15.9. The minimum atomic E-state index is -1.40. The third-order valence-electron chi connectivity index (χ3n) is 2.82. The Morgan fingerprint density at radius 3 is 2.71 bits per heavy atom. The highest BCUT2D eigenvalue weighted by Gasteiger charge is 2.30. The van der Waals surface area contributed by atoms with E-state index < -0.39 is 17.4 Å². The summed E-state index contributed by atoms with van der Waals surface area (Å²) in [5.74, 6) is 5.46. The normalized spacial score (nSPS) is 17.2. The van der Waals surface area contributed by atoms with Crippen molar-refractivity contribution in [1.82, 2.24) is 4.90 Å². The monoisotopic (exact) mass is 327 g/mol. The van der Waals surface area contributed by atoms with Crippen LogP contribution in [-0.2, 0) is 9.59 Å². The highest BCUT2D eigenvalue weighted by molar-refractivity contribution is 8.03. The van der Waals surface area contributed by atoms with Crippen molar-refractivity contribution in [3.8, 4) is 11.8 Å². The van der Waals surface area contributed by atoms with Gasteiger partial charge in [-0.3, -0.25) is 4.79 Å². The van der Waals surface area contributed by atoms with Crippen LogP contribution in [0, 0.1) is 11.8 Å². The van der Waals surface area contributed by atoms with Crippen LogP contribution in [0.2, 0.25) is 0 Å². The van der Waals surface area contributed by atoms with E-state index in [1.54, 1.807) is 23.5 Å². The Bertz CT molecular complexity index is 464. The zero-order valence-electron chi connectivity index (χ0n) is 12.6. The predicted octanol–water partition coefficient (Wildman–Crippen LogP) is 2.45. The van der Waals surface area contributed by atoms with Crippen LogP contribution in [0.4, 0.5) is 0 Å². The van der Waals surface area contributed by atoms with Gasteiger partial charge in [0.15, 0.2) is 0 Å². The molecule has 1 aliphatic heterocycles. The Balaban J connectivity index is 2.33. The molecule has 6 heteroatoms. The number of amides is 1. The van der Waals surface area contributed by atoms with E-state index in [1.165, 1.54) is 4.90 Å². The summed E-state index contributed by atoms with van der Waals surface area (Å²) in [4.78, 5) is 23.9. The van der Waals surface area contributed by atoms with E-state index in [0.29, 0.717) is 23.3 Å². The summed E-state index contributed by atoms with van der Waals surface area (Å²) >= 11 is 3.36. The molecule has 1 atom stereocenters. The average Bonchev–Trinajstić information content (AvgIpc) is 2.88. The lowest BCUT2D eigenvalue weighted by Crippen LogP contribution is -2.49. The van der Waals surface area contributed by atoms with Crippen molar-refractivity contribution in [3.63, 3.8) is 0 Å². The number of allylic oxidation sites excluding steroid dienone is 1. The van der Waals surface area contributed by atoms with Crippen molar-refractivity contribution in [1.29, 1.82) is 0 Å². The number of hydrogen-bond acceptors (Lipinski definition) is 4. The summed E-state index contributed by atoms with van der Waals surface area (Å²) in [5, 5.41) is 11.3. The maximum Gasteiger partial charge on any atom is 0.394 e. The van der Waals surface area contributed by atoms with Crippen molar-refractivity contribution >= 4 is 35.4 Å². The second-order valence-electron chi connectivity index (χ2n) is 5.54. The van der Waals surface area contributed by atoms with Crippen molar-refractivity contribution in [2.75, 3.05) is 18.1 Å². The smallest absolute Gasteiger partial charge is 0.394 e. The number of nitrogens with zero attached hydrogens (tertiary/aromatic N) is 1. The Morgan fingerprint density at radius 1 is 1.48 bits per heavy atom. The third-order valence-corrected chi connectivity index (χ3v) is 4.63. The molecule has 4 nitrogen and oxygen atoms in total. The molecular formula is C15H21NO3S2. The largest absolute Gasteiger partial charge is 0.474 e. The maximum atomic E-state index is 11.7. The summed E-state index contributed by atoms with van der Waals surface area (Å²) in [6.07, 6.45) is 3.13. The van der Waals surface area contributed by atoms with E-state index in [4.69, 9.17) is 5.11 Å². The number of thioether (sulfide) groups is 2. The summed E-state index contributed by atoms with van der Waals surface area (Å²) in [5.41, 5.74) is -0.492. The van der Waals surface area contributed by atoms with Crippen molar-refractivity contribution in [2.24, 2.45) is 0 Å². The van der Waals surface area contributed by atoms with Gasteiger partial charge in [-0.05, 0) is 32.6 Å². The zero-order valence-corrected chi connectivity index (χ0v) is 14.2. The van der Waals surface area contributed by atoms with E-state index in [9.17, 15) is 9.59 Å². The highest BCUT2D eigenvalue weighted by atomic mass is 32.2. The number of carboxylic acid groups (broad SMARTS) is 1. The maximum absolute atomic E-state index is 11.7. The van der Waals surface area contributed by atoms with Crippen molar-refractivity contribution in [3.05, 3.63) is 11.5 Å². The number of hydrogen-bond donors (Lipinski definition) is 1. The van der Waals surface area contributed by atoms with E-state index in [1.807, 2.05) is 20.8 Å². The number of carbonyl (C=O) groups excluding carboxylic acids is 1. The van der Waals surface area contributed by atoms with Crippen LogP contribution in [0.1, 0.15) is 27.2 Å². The van der Waals surface area contributed by atoms with Gasteiger partial charge in [-0.1, -0.05) is 17.9 Å². The molecular weight excluding hydrogens is 306 g/mol. The van der Waals surface area contributed by atoms with E-state index in [-0.39, 0.29) is 0 Å². The fourth-order valence-electron chi connectivity index (χ4n) is 1.77. The standard InChI is InChI=1S/C15H21NO3S2/c1-15(2,3)16(13(17)14(18)19)8-11-20-9-4-6-12-7-5-10-21-12/h5,10,12H,7-9,11H2,1-3H3,(H,18,19). The predicted molar refractivity (Wildman–Crippen MR) is 89.3 cm³/mol. The lowest BCUT2D eigenvalue weighted by atomic mass is 10.1. The highest BCUT2D eigenvalue weighted by Crippen LogP contribution is 2.22. The van der Waals surface area contributed by atoms with Crippen LogP contribution < -0.4 is 0 Å². The fourth-order valence-corrected chi connectivity index (χ4v) is 3.20. The fraction of sp³-hybridized carbons (Fsp3) is 0.600. The van der Waals surface area contributed by atoms with Gasteiger partial charge in [-0.25, -0.2) is 4.79 Å². The topological polar surface area (TPSA) is 57.6 Å². The Labute approximate surface area is 134 Å². The Kier molecular flexibility index (Phi) is 7.20. The molecule has 1 rings (SSSR count). The van der Waals surface area contributed by atoms with Crippen LogP contribution in [0.3, 0.4) is 0 Å². The number of aliphatic carboxylic acids is 1. The molecule has 0 saturated heterocycles. The minimum absolute atomic E-state index is 0.380. The second kappa shape index (κ2) is 8.40. The van der Waals surface area contributed by atoms with Gasteiger partial charge < -0.3 is 10.0 Å². The van der Waals surface area contributed by atoms with Crippen LogP contribution in [0.15, 0.2) is 11.5 Å². The van der Waals surface area contributed by atoms with E-state index in [2.05, 4.69) is 23.3 Å². The number of rotatable bonds is 4. The second-order valence-corrected chi connectivity index (χ2v) is 7.76. The molecule has 116 valence electrons. The molecule has 0 radical (unpaired) electrons. The molecule has 0 bridgehead atoms. The van der Waals surface area contributed by atoms with Crippen LogP contribution >= 0.6 is 23.5 Å². The lowest BCUT2D eigenvalue weighted by Gasteiger charge is -2.34. The Morgan fingerprint density at radius 2 is 2.19 bits per heavy atom. The Hall–Kier alpha value is -1.06. The van der Waals surface area contributed by atoms with E-state index >= 15 is 0 Å².